The number of benzene rings is 1. The molecule has 1 unspecified atom stereocenters. The molecule has 0 amide bonds. The molecule has 5 heteroatoms. The van der Waals surface area contributed by atoms with Crippen LogP contribution in [0.25, 0.3) is 10.9 Å². The standard InChI is InChI=1S/C15H15N5/c16-15-18-14-8-6-11(9-20(14)19-15)13-7-5-10-3-1-2-4-12(10)17-13/h1-5,7,11H,6,8-9H2,(H2,16,19). The lowest BCUT2D eigenvalue weighted by Crippen LogP contribution is -2.20. The summed E-state index contributed by atoms with van der Waals surface area (Å²) in [6, 6.07) is 12.5. The Morgan fingerprint density at radius 2 is 2.00 bits per heavy atom. The number of rotatable bonds is 1. The van der Waals surface area contributed by atoms with E-state index >= 15 is 0 Å². The second-order valence-electron chi connectivity index (χ2n) is 5.23. The number of nitrogen functional groups attached to an aromatic ring is 1. The summed E-state index contributed by atoms with van der Waals surface area (Å²) in [4.78, 5) is 9.02. The largest absolute Gasteiger partial charge is 0.366 e. The van der Waals surface area contributed by atoms with Gasteiger partial charge in [-0.05, 0) is 18.6 Å². The first-order valence-corrected chi connectivity index (χ1v) is 6.84. The highest BCUT2D eigenvalue weighted by atomic mass is 15.4. The van der Waals surface area contributed by atoms with Crippen molar-refractivity contribution in [2.75, 3.05) is 5.73 Å². The molecule has 20 heavy (non-hydrogen) atoms. The molecule has 0 aliphatic carbocycles. The van der Waals surface area contributed by atoms with Crippen molar-refractivity contribution in [1.82, 2.24) is 19.7 Å². The lowest BCUT2D eigenvalue weighted by atomic mass is 9.95. The number of anilines is 1. The molecule has 1 aromatic carbocycles. The van der Waals surface area contributed by atoms with E-state index in [1.807, 2.05) is 16.8 Å². The van der Waals surface area contributed by atoms with E-state index in [0.29, 0.717) is 11.9 Å². The Hall–Kier alpha value is -2.43. The maximum atomic E-state index is 5.66. The Labute approximate surface area is 116 Å². The van der Waals surface area contributed by atoms with Gasteiger partial charge in [0.1, 0.15) is 5.82 Å². The van der Waals surface area contributed by atoms with E-state index in [9.17, 15) is 0 Å². The number of hydrogen-bond donors (Lipinski definition) is 1. The van der Waals surface area contributed by atoms with Crippen LogP contribution in [0.5, 0.6) is 0 Å². The van der Waals surface area contributed by atoms with Crippen LogP contribution in [0.1, 0.15) is 23.9 Å². The molecule has 0 bridgehead atoms. The highest BCUT2D eigenvalue weighted by Gasteiger charge is 2.23. The quantitative estimate of drug-likeness (QED) is 0.732. The van der Waals surface area contributed by atoms with E-state index in [4.69, 9.17) is 10.7 Å². The Kier molecular flexibility index (Phi) is 2.45. The summed E-state index contributed by atoms with van der Waals surface area (Å²) in [5, 5.41) is 5.42. The van der Waals surface area contributed by atoms with E-state index in [1.165, 1.54) is 5.39 Å². The van der Waals surface area contributed by atoms with E-state index in [-0.39, 0.29) is 0 Å². The molecule has 1 atom stereocenters. The van der Waals surface area contributed by atoms with Gasteiger partial charge in [-0.1, -0.05) is 24.3 Å². The first-order chi connectivity index (χ1) is 9.79. The van der Waals surface area contributed by atoms with Gasteiger partial charge in [0.2, 0.25) is 5.95 Å². The summed E-state index contributed by atoms with van der Waals surface area (Å²) in [6.07, 6.45) is 1.95. The molecule has 5 nitrogen and oxygen atoms in total. The number of aryl methyl sites for hydroxylation is 1. The van der Waals surface area contributed by atoms with Crippen LogP contribution in [0.2, 0.25) is 0 Å². The molecule has 0 saturated carbocycles. The smallest absolute Gasteiger partial charge is 0.239 e. The van der Waals surface area contributed by atoms with Gasteiger partial charge in [-0.25, -0.2) is 4.68 Å². The molecule has 2 aromatic heterocycles. The minimum atomic E-state index is 0.368. The van der Waals surface area contributed by atoms with Crippen LogP contribution in [-0.4, -0.2) is 19.7 Å². The van der Waals surface area contributed by atoms with Gasteiger partial charge >= 0.3 is 0 Å². The normalized spacial score (nSPS) is 18.1. The fourth-order valence-electron chi connectivity index (χ4n) is 2.88. The number of nitrogens with two attached hydrogens (primary N) is 1. The van der Waals surface area contributed by atoms with Gasteiger partial charge in [-0.2, -0.15) is 4.98 Å². The van der Waals surface area contributed by atoms with Gasteiger partial charge < -0.3 is 5.73 Å². The molecule has 3 heterocycles. The average molecular weight is 265 g/mol. The molecule has 0 saturated heterocycles. The van der Waals surface area contributed by atoms with Crippen molar-refractivity contribution in [2.45, 2.75) is 25.3 Å². The van der Waals surface area contributed by atoms with Crippen molar-refractivity contribution < 1.29 is 0 Å². The Morgan fingerprint density at radius 1 is 1.10 bits per heavy atom. The monoisotopic (exact) mass is 265 g/mol. The molecule has 2 N–H and O–H groups in total. The van der Waals surface area contributed by atoms with Crippen LogP contribution >= 0.6 is 0 Å². The predicted molar refractivity (Wildman–Crippen MR) is 77.2 cm³/mol. The van der Waals surface area contributed by atoms with E-state index in [0.717, 1.165) is 36.4 Å². The SMILES string of the molecule is Nc1nc2n(n1)CC(c1ccc3ccccc3n1)CC2. The molecule has 1 aliphatic rings. The number of para-hydroxylation sites is 1. The summed E-state index contributed by atoms with van der Waals surface area (Å²) in [7, 11) is 0. The van der Waals surface area contributed by atoms with Gasteiger partial charge in [0.25, 0.3) is 0 Å². The fourth-order valence-corrected chi connectivity index (χ4v) is 2.88. The van der Waals surface area contributed by atoms with Crippen molar-refractivity contribution >= 4 is 16.9 Å². The van der Waals surface area contributed by atoms with Gasteiger partial charge in [-0.3, -0.25) is 4.98 Å². The molecule has 0 radical (unpaired) electrons. The Balaban J connectivity index is 1.70. The van der Waals surface area contributed by atoms with Crippen LogP contribution in [0.3, 0.4) is 0 Å². The number of fused-ring (bicyclic) bond motifs is 2. The summed E-state index contributed by atoms with van der Waals surface area (Å²) in [5.74, 6) is 1.74. The zero-order valence-corrected chi connectivity index (χ0v) is 11.0. The van der Waals surface area contributed by atoms with Crippen molar-refractivity contribution in [3.63, 3.8) is 0 Å². The predicted octanol–water partition coefficient (Wildman–Crippen LogP) is 2.14. The van der Waals surface area contributed by atoms with E-state index in [2.05, 4.69) is 34.3 Å². The molecular formula is C15H15N5. The number of hydrogen-bond acceptors (Lipinski definition) is 4. The summed E-state index contributed by atoms with van der Waals surface area (Å²) in [6.45, 7) is 0.810. The maximum Gasteiger partial charge on any atom is 0.239 e. The van der Waals surface area contributed by atoms with Crippen molar-refractivity contribution in [2.24, 2.45) is 0 Å². The summed E-state index contributed by atoms with van der Waals surface area (Å²) >= 11 is 0. The minimum Gasteiger partial charge on any atom is -0.366 e. The Bertz CT molecular complexity index is 777. The van der Waals surface area contributed by atoms with E-state index in [1.54, 1.807) is 0 Å². The van der Waals surface area contributed by atoms with Gasteiger partial charge in [0, 0.05) is 23.4 Å². The number of pyridine rings is 1. The molecule has 0 spiro atoms. The summed E-state index contributed by atoms with van der Waals surface area (Å²) < 4.78 is 1.92. The third-order valence-electron chi connectivity index (χ3n) is 3.91. The van der Waals surface area contributed by atoms with Crippen LogP contribution in [0.4, 0.5) is 5.95 Å². The fraction of sp³-hybridized carbons (Fsp3) is 0.267. The van der Waals surface area contributed by atoms with Gasteiger partial charge in [0.15, 0.2) is 0 Å². The zero-order chi connectivity index (χ0) is 13.5. The molecule has 1 aliphatic heterocycles. The van der Waals surface area contributed by atoms with Crippen LogP contribution in [-0.2, 0) is 13.0 Å². The molecule has 3 aromatic rings. The van der Waals surface area contributed by atoms with Crippen molar-refractivity contribution in [3.05, 3.63) is 47.9 Å². The Morgan fingerprint density at radius 3 is 2.95 bits per heavy atom. The first kappa shape index (κ1) is 11.4. The number of aromatic nitrogens is 4. The highest BCUT2D eigenvalue weighted by Crippen LogP contribution is 2.28. The van der Waals surface area contributed by atoms with Gasteiger partial charge in [0.05, 0.1) is 12.1 Å². The molecular weight excluding hydrogens is 250 g/mol. The summed E-state index contributed by atoms with van der Waals surface area (Å²) in [5.41, 5.74) is 7.84. The third kappa shape index (κ3) is 1.82. The lowest BCUT2D eigenvalue weighted by molar-refractivity contribution is 0.418. The first-order valence-electron chi connectivity index (χ1n) is 6.84. The second kappa shape index (κ2) is 4.30. The molecule has 4 rings (SSSR count). The minimum absolute atomic E-state index is 0.368. The third-order valence-corrected chi connectivity index (χ3v) is 3.91. The molecule has 100 valence electrons. The number of nitrogens with zero attached hydrogens (tertiary/aromatic N) is 4. The topological polar surface area (TPSA) is 69.6 Å². The van der Waals surface area contributed by atoms with Crippen molar-refractivity contribution in [3.8, 4) is 0 Å². The van der Waals surface area contributed by atoms with Crippen LogP contribution in [0, 0.1) is 0 Å². The zero-order valence-electron chi connectivity index (χ0n) is 11.0. The molecule has 0 fully saturated rings. The lowest BCUT2D eigenvalue weighted by Gasteiger charge is -2.22. The second-order valence-corrected chi connectivity index (χ2v) is 5.23. The maximum absolute atomic E-state index is 5.66. The van der Waals surface area contributed by atoms with E-state index < -0.39 is 0 Å². The highest BCUT2D eigenvalue weighted by molar-refractivity contribution is 5.78. The average Bonchev–Trinajstić information content (AvgIpc) is 2.85. The van der Waals surface area contributed by atoms with Crippen LogP contribution < -0.4 is 5.73 Å². The van der Waals surface area contributed by atoms with Crippen LogP contribution in [0.15, 0.2) is 36.4 Å². The van der Waals surface area contributed by atoms with Crippen molar-refractivity contribution in [1.29, 1.82) is 0 Å². The van der Waals surface area contributed by atoms with Gasteiger partial charge in [-0.15, -0.1) is 5.10 Å².